The second-order valence-electron chi connectivity index (χ2n) is 5.32. The van der Waals surface area contributed by atoms with Gasteiger partial charge in [-0.25, -0.2) is 9.98 Å². The van der Waals surface area contributed by atoms with Crippen LogP contribution in [-0.2, 0) is 20.1 Å². The van der Waals surface area contributed by atoms with Crippen molar-refractivity contribution < 1.29 is 8.78 Å². The molecule has 0 spiro atoms. The first-order valence-electron chi connectivity index (χ1n) is 7.52. The number of imidazole rings is 1. The molecule has 0 aliphatic carbocycles. The second-order valence-corrected chi connectivity index (χ2v) is 6.23. The Balaban J connectivity index is 0.00000312. The van der Waals surface area contributed by atoms with Gasteiger partial charge in [0.25, 0.3) is 0 Å². The lowest BCUT2D eigenvalue weighted by molar-refractivity contribution is 0.0671. The summed E-state index contributed by atoms with van der Waals surface area (Å²) in [5.41, 5.74) is 1.10. The van der Waals surface area contributed by atoms with Crippen molar-refractivity contribution in [2.45, 2.75) is 26.6 Å². The van der Waals surface area contributed by atoms with Crippen LogP contribution in [0.1, 0.15) is 25.0 Å². The molecule has 0 saturated heterocycles. The van der Waals surface area contributed by atoms with Gasteiger partial charge in [-0.05, 0) is 28.9 Å². The number of nitrogens with one attached hydrogen (secondary N) is 1. The minimum absolute atomic E-state index is 0. The zero-order valence-electron chi connectivity index (χ0n) is 14.3. The van der Waals surface area contributed by atoms with E-state index in [-0.39, 0.29) is 36.3 Å². The van der Waals surface area contributed by atoms with Crippen LogP contribution in [0.2, 0.25) is 0 Å². The van der Waals surface area contributed by atoms with Crippen molar-refractivity contribution in [1.82, 2.24) is 24.3 Å². The average Bonchev–Trinajstić information content (AvgIpc) is 3.10. The van der Waals surface area contributed by atoms with Gasteiger partial charge >= 0.3 is 6.55 Å². The molecule has 0 fully saturated rings. The molecule has 2 heterocycles. The molecule has 2 rings (SSSR count). The third-order valence-electron chi connectivity index (χ3n) is 3.50. The number of aromatic nitrogens is 3. The monoisotopic (exact) mass is 530 g/mol. The molecule has 2 aromatic heterocycles. The van der Waals surface area contributed by atoms with Crippen LogP contribution in [0.5, 0.6) is 0 Å². The largest absolute Gasteiger partial charge is 0.357 e. The highest BCUT2D eigenvalue weighted by Gasteiger charge is 2.13. The first-order chi connectivity index (χ1) is 11.4. The Bertz CT molecular complexity index is 700. The molecule has 0 amide bonds. The fourth-order valence-electron chi connectivity index (χ4n) is 2.30. The van der Waals surface area contributed by atoms with Gasteiger partial charge < -0.3 is 14.8 Å². The normalized spacial score (nSPS) is 11.6. The highest BCUT2D eigenvalue weighted by molar-refractivity contribution is 14.0. The zero-order chi connectivity index (χ0) is 17.7. The summed E-state index contributed by atoms with van der Waals surface area (Å²) in [5.74, 6) is 0.869. The van der Waals surface area contributed by atoms with E-state index in [1.165, 1.54) is 12.4 Å². The van der Waals surface area contributed by atoms with Gasteiger partial charge in [0, 0.05) is 49.4 Å². The SMILES string of the molecule is CCNC(=NCc1nccn1C(F)F)N(C)Cc1cc(Br)cn1C.I. The summed E-state index contributed by atoms with van der Waals surface area (Å²) in [6.45, 7) is 0.753. The van der Waals surface area contributed by atoms with E-state index in [1.54, 1.807) is 0 Å². The van der Waals surface area contributed by atoms with Crippen LogP contribution in [-0.4, -0.2) is 38.6 Å². The molecule has 2 aromatic rings. The van der Waals surface area contributed by atoms with Crippen molar-refractivity contribution >= 4 is 45.9 Å². The minimum Gasteiger partial charge on any atom is -0.357 e. The van der Waals surface area contributed by atoms with E-state index >= 15 is 0 Å². The number of halogens is 4. The molecule has 0 aromatic carbocycles. The smallest absolute Gasteiger partial charge is 0.319 e. The molecule has 0 aliphatic heterocycles. The predicted molar refractivity (Wildman–Crippen MR) is 108 cm³/mol. The average molecular weight is 531 g/mol. The molecule has 0 radical (unpaired) electrons. The summed E-state index contributed by atoms with van der Waals surface area (Å²) >= 11 is 3.45. The van der Waals surface area contributed by atoms with Crippen LogP contribution in [0.15, 0.2) is 34.1 Å². The number of nitrogens with zero attached hydrogens (tertiary/aromatic N) is 5. The molecule has 0 aliphatic rings. The molecular formula is C15H22BrF2IN6. The fourth-order valence-corrected chi connectivity index (χ4v) is 2.87. The lowest BCUT2D eigenvalue weighted by Crippen LogP contribution is -2.38. The molecule has 25 heavy (non-hydrogen) atoms. The lowest BCUT2D eigenvalue weighted by Gasteiger charge is -2.22. The van der Waals surface area contributed by atoms with E-state index in [9.17, 15) is 8.78 Å². The Kier molecular flexibility index (Phi) is 8.83. The number of aliphatic imine (C=N–C) groups is 1. The summed E-state index contributed by atoms with van der Waals surface area (Å²) in [6.07, 6.45) is 4.59. The second kappa shape index (κ2) is 10.1. The first-order valence-corrected chi connectivity index (χ1v) is 8.31. The molecule has 0 saturated carbocycles. The molecule has 6 nitrogen and oxygen atoms in total. The minimum atomic E-state index is -2.61. The topological polar surface area (TPSA) is 50.4 Å². The molecule has 0 atom stereocenters. The van der Waals surface area contributed by atoms with E-state index in [1.807, 2.05) is 42.7 Å². The number of aryl methyl sites for hydroxylation is 1. The summed E-state index contributed by atoms with van der Waals surface area (Å²) < 4.78 is 29.6. The Morgan fingerprint density at radius 1 is 1.48 bits per heavy atom. The molecule has 140 valence electrons. The van der Waals surface area contributed by atoms with Gasteiger partial charge in [0.2, 0.25) is 0 Å². The maximum atomic E-state index is 12.9. The standard InChI is InChI=1S/C15H21BrF2N6.HI/c1-4-19-15(21-8-13-20-5-6-24(13)14(17)18)23(3)10-12-7-11(16)9-22(12)2;/h5-7,9,14H,4,8,10H2,1-3H3,(H,19,21);1H. The van der Waals surface area contributed by atoms with Crippen LogP contribution in [0.3, 0.4) is 0 Å². The van der Waals surface area contributed by atoms with Crippen LogP contribution in [0.25, 0.3) is 0 Å². The van der Waals surface area contributed by atoms with Crippen LogP contribution in [0.4, 0.5) is 8.78 Å². The molecular weight excluding hydrogens is 509 g/mol. The summed E-state index contributed by atoms with van der Waals surface area (Å²) in [7, 11) is 3.87. The van der Waals surface area contributed by atoms with Crippen LogP contribution in [0, 0.1) is 0 Å². The van der Waals surface area contributed by atoms with Gasteiger partial charge in [0.15, 0.2) is 5.96 Å². The van der Waals surface area contributed by atoms with E-state index < -0.39 is 6.55 Å². The number of guanidine groups is 1. The summed E-state index contributed by atoms with van der Waals surface area (Å²) in [5, 5.41) is 3.17. The molecule has 1 N–H and O–H groups in total. The molecule has 0 unspecified atom stereocenters. The van der Waals surface area contributed by atoms with Crippen LogP contribution >= 0.6 is 39.9 Å². The summed E-state index contributed by atoms with van der Waals surface area (Å²) in [6, 6.07) is 2.03. The van der Waals surface area contributed by atoms with Crippen molar-refractivity contribution in [3.8, 4) is 0 Å². The maximum absolute atomic E-state index is 12.9. The quantitative estimate of drug-likeness (QED) is 0.353. The Hall–Kier alpha value is -1.17. The van der Waals surface area contributed by atoms with Gasteiger partial charge in [0.05, 0.1) is 6.54 Å². The van der Waals surface area contributed by atoms with Gasteiger partial charge in [0.1, 0.15) is 12.4 Å². The van der Waals surface area contributed by atoms with Gasteiger partial charge in [-0.1, -0.05) is 0 Å². The van der Waals surface area contributed by atoms with Gasteiger partial charge in [-0.15, -0.1) is 24.0 Å². The van der Waals surface area contributed by atoms with Crippen molar-refractivity contribution in [2.24, 2.45) is 12.0 Å². The number of hydrogen-bond donors (Lipinski definition) is 1. The van der Waals surface area contributed by atoms with Crippen molar-refractivity contribution in [3.05, 3.63) is 40.6 Å². The van der Waals surface area contributed by atoms with Crippen molar-refractivity contribution in [3.63, 3.8) is 0 Å². The van der Waals surface area contributed by atoms with Gasteiger partial charge in [-0.3, -0.25) is 4.57 Å². The van der Waals surface area contributed by atoms with E-state index in [4.69, 9.17) is 0 Å². The fraction of sp³-hybridized carbons (Fsp3) is 0.467. The number of alkyl halides is 2. The number of rotatable bonds is 6. The van der Waals surface area contributed by atoms with Crippen molar-refractivity contribution in [2.75, 3.05) is 13.6 Å². The predicted octanol–water partition coefficient (Wildman–Crippen LogP) is 3.59. The molecule has 10 heteroatoms. The Morgan fingerprint density at radius 2 is 2.20 bits per heavy atom. The first kappa shape index (κ1) is 21.9. The Labute approximate surface area is 171 Å². The number of hydrogen-bond acceptors (Lipinski definition) is 2. The van der Waals surface area contributed by atoms with E-state index in [0.29, 0.717) is 19.0 Å². The third kappa shape index (κ3) is 5.94. The third-order valence-corrected chi connectivity index (χ3v) is 3.93. The highest BCUT2D eigenvalue weighted by atomic mass is 127. The van der Waals surface area contributed by atoms with Crippen LogP contribution < -0.4 is 5.32 Å². The molecule has 0 bridgehead atoms. The van der Waals surface area contributed by atoms with Gasteiger partial charge in [-0.2, -0.15) is 8.78 Å². The highest BCUT2D eigenvalue weighted by Crippen LogP contribution is 2.15. The van der Waals surface area contributed by atoms with E-state index in [0.717, 1.165) is 14.7 Å². The van der Waals surface area contributed by atoms with E-state index in [2.05, 4.69) is 31.2 Å². The zero-order valence-corrected chi connectivity index (χ0v) is 18.2. The maximum Gasteiger partial charge on any atom is 0.319 e. The summed E-state index contributed by atoms with van der Waals surface area (Å²) in [4.78, 5) is 10.3. The Morgan fingerprint density at radius 3 is 2.76 bits per heavy atom. The lowest BCUT2D eigenvalue weighted by atomic mass is 10.4. The van der Waals surface area contributed by atoms with Crippen molar-refractivity contribution in [1.29, 1.82) is 0 Å².